The third-order valence-electron chi connectivity index (χ3n) is 13.8. The van der Waals surface area contributed by atoms with Crippen LogP contribution in [0.3, 0.4) is 0 Å². The first kappa shape index (κ1) is 37.2. The first-order chi connectivity index (χ1) is 31.8. The molecular formula is C60H45N3S. The number of fused-ring (bicyclic) bond motifs is 10. The fourth-order valence-electron chi connectivity index (χ4n) is 10.9. The van der Waals surface area contributed by atoms with Crippen molar-refractivity contribution in [2.75, 3.05) is 4.90 Å². The van der Waals surface area contributed by atoms with Crippen molar-refractivity contribution < 1.29 is 0 Å². The predicted octanol–water partition coefficient (Wildman–Crippen LogP) is 16.2. The Labute approximate surface area is 377 Å². The molecule has 0 spiro atoms. The maximum Gasteiger partial charge on any atom is 0.0598 e. The second-order valence-electron chi connectivity index (χ2n) is 17.4. The van der Waals surface area contributed by atoms with Crippen molar-refractivity contribution in [1.29, 1.82) is 0 Å². The maximum atomic E-state index is 2.61. The van der Waals surface area contributed by atoms with Gasteiger partial charge in [0.05, 0.1) is 33.0 Å². The Morgan fingerprint density at radius 1 is 0.531 bits per heavy atom. The Bertz CT molecular complexity index is 3610. The minimum atomic E-state index is 0.156. The highest BCUT2D eigenvalue weighted by molar-refractivity contribution is 7.27. The zero-order valence-electron chi connectivity index (χ0n) is 35.4. The molecule has 0 bridgehead atoms. The molecular weight excluding hydrogens is 795 g/mol. The number of hydrogen-bond donors (Lipinski definition) is 0. The highest BCUT2D eigenvalue weighted by Crippen LogP contribution is 2.48. The molecule has 0 amide bonds. The molecule has 0 saturated heterocycles. The van der Waals surface area contributed by atoms with Gasteiger partial charge in [0.1, 0.15) is 0 Å². The molecule has 0 N–H and O–H groups in total. The van der Waals surface area contributed by atoms with Crippen LogP contribution in [0.5, 0.6) is 0 Å². The first-order valence-corrected chi connectivity index (χ1v) is 23.5. The van der Waals surface area contributed by atoms with Gasteiger partial charge in [-0.15, -0.1) is 11.3 Å². The number of benzene rings is 7. The zero-order chi connectivity index (χ0) is 42.1. The van der Waals surface area contributed by atoms with Crippen LogP contribution in [-0.2, 0) is 6.42 Å². The predicted molar refractivity (Wildman–Crippen MR) is 274 cm³/mol. The van der Waals surface area contributed by atoms with Crippen LogP contribution in [0.15, 0.2) is 212 Å². The van der Waals surface area contributed by atoms with Crippen molar-refractivity contribution in [2.24, 2.45) is 5.92 Å². The average Bonchev–Trinajstić information content (AvgIpc) is 4.03. The minimum absolute atomic E-state index is 0.156. The molecule has 2 unspecified atom stereocenters. The Morgan fingerprint density at radius 2 is 1.27 bits per heavy atom. The molecule has 0 radical (unpaired) electrons. The Morgan fingerprint density at radius 3 is 2.06 bits per heavy atom. The maximum absolute atomic E-state index is 2.61. The van der Waals surface area contributed by atoms with E-state index in [1.165, 1.54) is 104 Å². The van der Waals surface area contributed by atoms with Crippen LogP contribution in [-0.4, -0.2) is 15.2 Å². The molecule has 7 aromatic carbocycles. The summed E-state index contributed by atoms with van der Waals surface area (Å²) in [5, 5.41) is 6.56. The number of para-hydroxylation sites is 3. The van der Waals surface area contributed by atoms with Crippen LogP contribution in [0, 0.1) is 5.92 Å². The second-order valence-corrected chi connectivity index (χ2v) is 18.4. The lowest BCUT2D eigenvalue weighted by atomic mass is 9.87. The molecule has 0 aliphatic heterocycles. The molecule has 3 nitrogen and oxygen atoms in total. The lowest BCUT2D eigenvalue weighted by Crippen LogP contribution is -2.30. The monoisotopic (exact) mass is 839 g/mol. The summed E-state index contributed by atoms with van der Waals surface area (Å²) in [5.74, 6) is 0.436. The molecule has 10 aromatic rings. The van der Waals surface area contributed by atoms with E-state index >= 15 is 0 Å². The van der Waals surface area contributed by atoms with E-state index in [0.717, 1.165) is 25.7 Å². The van der Waals surface area contributed by atoms with Crippen LogP contribution < -0.4 is 4.90 Å². The van der Waals surface area contributed by atoms with Crippen LogP contribution >= 0.6 is 11.3 Å². The SMILES string of the molecule is C1=CCC(C2=CCC(N(c3ccc(-c4ccc5c(c4)c4ccccc4n5-c4ccccc4)cc3)c3cccc4c3sc3c4ccc4c3c3c(n4-c4ccccc4)CCC=C3)C=C2)C=C1. The van der Waals surface area contributed by atoms with E-state index in [9.17, 15) is 0 Å². The van der Waals surface area contributed by atoms with E-state index in [1.807, 2.05) is 11.3 Å². The van der Waals surface area contributed by atoms with Gasteiger partial charge < -0.3 is 14.0 Å². The van der Waals surface area contributed by atoms with Crippen molar-refractivity contribution >= 4 is 81.7 Å². The number of thiophene rings is 1. The summed E-state index contributed by atoms with van der Waals surface area (Å²) in [6, 6.07) is 58.6. The molecule has 64 heavy (non-hydrogen) atoms. The molecule has 13 rings (SSSR count). The van der Waals surface area contributed by atoms with Gasteiger partial charge in [-0.25, -0.2) is 0 Å². The summed E-state index contributed by atoms with van der Waals surface area (Å²) < 4.78 is 7.60. The number of hydrogen-bond acceptors (Lipinski definition) is 2. The Kier molecular flexibility index (Phi) is 8.80. The zero-order valence-corrected chi connectivity index (χ0v) is 36.3. The van der Waals surface area contributed by atoms with Crippen LogP contribution in [0.25, 0.3) is 81.5 Å². The largest absolute Gasteiger partial charge is 0.333 e. The third kappa shape index (κ3) is 5.93. The molecule has 306 valence electrons. The van der Waals surface area contributed by atoms with Gasteiger partial charge in [0, 0.05) is 65.9 Å². The van der Waals surface area contributed by atoms with Crippen molar-refractivity contribution in [1.82, 2.24) is 9.13 Å². The Hall–Kier alpha value is -7.40. The number of aromatic nitrogens is 2. The van der Waals surface area contributed by atoms with Gasteiger partial charge in [0.15, 0.2) is 0 Å². The lowest BCUT2D eigenvalue weighted by Gasteiger charge is -2.34. The molecule has 0 fully saturated rings. The number of anilines is 2. The average molecular weight is 840 g/mol. The number of allylic oxidation sites excluding steroid dienone is 7. The molecule has 3 aliphatic carbocycles. The van der Waals surface area contributed by atoms with Gasteiger partial charge in [0.25, 0.3) is 0 Å². The van der Waals surface area contributed by atoms with E-state index in [4.69, 9.17) is 0 Å². The number of rotatable bonds is 7. The summed E-state index contributed by atoms with van der Waals surface area (Å²) in [6.45, 7) is 0. The highest BCUT2D eigenvalue weighted by atomic mass is 32.1. The van der Waals surface area contributed by atoms with Crippen molar-refractivity contribution in [3.05, 3.63) is 223 Å². The molecule has 3 aromatic heterocycles. The normalized spacial score (nSPS) is 17.0. The highest BCUT2D eigenvalue weighted by Gasteiger charge is 2.27. The summed E-state index contributed by atoms with van der Waals surface area (Å²) >= 11 is 1.96. The summed E-state index contributed by atoms with van der Waals surface area (Å²) in [6.07, 6.45) is 25.2. The van der Waals surface area contributed by atoms with E-state index in [2.05, 4.69) is 226 Å². The van der Waals surface area contributed by atoms with E-state index in [0.29, 0.717) is 5.92 Å². The van der Waals surface area contributed by atoms with Crippen LogP contribution in [0.4, 0.5) is 11.4 Å². The Balaban J connectivity index is 0.946. The van der Waals surface area contributed by atoms with Gasteiger partial charge in [0.2, 0.25) is 0 Å². The van der Waals surface area contributed by atoms with E-state index < -0.39 is 0 Å². The van der Waals surface area contributed by atoms with Gasteiger partial charge >= 0.3 is 0 Å². The van der Waals surface area contributed by atoms with Gasteiger partial charge in [-0.3, -0.25) is 0 Å². The third-order valence-corrected chi connectivity index (χ3v) is 15.1. The smallest absolute Gasteiger partial charge is 0.0598 e. The van der Waals surface area contributed by atoms with Crippen LogP contribution in [0.2, 0.25) is 0 Å². The first-order valence-electron chi connectivity index (χ1n) is 22.7. The topological polar surface area (TPSA) is 13.1 Å². The standard InChI is InChI=1S/C60H45N3S/c1-4-15-40(16-5-1)41-27-32-46(33-28-41)61(47-34-29-42(30-35-47)43-31-37-55-52(39-43)48-21-10-12-24-53(48)62(55)44-17-6-2-7-18-44)57-26-14-23-49-50-36-38-56-58(60(50)64-59(49)57)51-22-11-13-25-54(51)63(56)45-19-8-3-9-20-45/h1-12,14-15,17-24,26-32,34-40,46H,13,16,25,33H2. The molecule has 4 heteroatoms. The van der Waals surface area contributed by atoms with Gasteiger partial charge in [-0.2, -0.15) is 0 Å². The summed E-state index contributed by atoms with van der Waals surface area (Å²) in [7, 11) is 0. The quantitative estimate of drug-likeness (QED) is 0.156. The molecule has 3 aliphatic rings. The van der Waals surface area contributed by atoms with Gasteiger partial charge in [-0.1, -0.05) is 146 Å². The molecule has 3 heterocycles. The van der Waals surface area contributed by atoms with Crippen molar-refractivity contribution in [2.45, 2.75) is 31.7 Å². The number of nitrogens with zero attached hydrogens (tertiary/aromatic N) is 3. The summed E-state index contributed by atoms with van der Waals surface area (Å²) in [4.78, 5) is 2.61. The summed E-state index contributed by atoms with van der Waals surface area (Å²) in [5.41, 5.74) is 15.2. The van der Waals surface area contributed by atoms with Crippen LogP contribution in [0.1, 0.15) is 30.5 Å². The minimum Gasteiger partial charge on any atom is -0.333 e. The van der Waals surface area contributed by atoms with E-state index in [-0.39, 0.29) is 6.04 Å². The van der Waals surface area contributed by atoms with Crippen molar-refractivity contribution in [3.63, 3.8) is 0 Å². The lowest BCUT2D eigenvalue weighted by molar-refractivity contribution is 0.732. The molecule has 2 atom stereocenters. The van der Waals surface area contributed by atoms with Crippen molar-refractivity contribution in [3.8, 4) is 22.5 Å². The second kappa shape index (κ2) is 15.1. The van der Waals surface area contributed by atoms with Gasteiger partial charge in [-0.05, 0) is 109 Å². The molecule has 0 saturated carbocycles. The fourth-order valence-corrected chi connectivity index (χ4v) is 12.2. The fraction of sp³-hybridized carbons (Fsp3) is 0.100. The van der Waals surface area contributed by atoms with E-state index in [1.54, 1.807) is 0 Å².